The van der Waals surface area contributed by atoms with Gasteiger partial charge < -0.3 is 4.74 Å². The van der Waals surface area contributed by atoms with Crippen LogP contribution >= 0.6 is 11.8 Å². The zero-order valence-corrected chi connectivity index (χ0v) is 15.8. The van der Waals surface area contributed by atoms with Gasteiger partial charge in [-0.05, 0) is 24.0 Å². The Labute approximate surface area is 163 Å². The van der Waals surface area contributed by atoms with Crippen LogP contribution in [0.1, 0.15) is 24.0 Å². The van der Waals surface area contributed by atoms with E-state index in [2.05, 4.69) is 0 Å². The summed E-state index contributed by atoms with van der Waals surface area (Å²) in [6.07, 6.45) is 1.83. The summed E-state index contributed by atoms with van der Waals surface area (Å²) in [5, 5.41) is 0. The fourth-order valence-electron chi connectivity index (χ4n) is 3.43. The van der Waals surface area contributed by atoms with Gasteiger partial charge in [-0.15, -0.1) is 11.8 Å². The summed E-state index contributed by atoms with van der Waals surface area (Å²) in [5.41, 5.74) is 2.43. The van der Waals surface area contributed by atoms with Gasteiger partial charge in [0.2, 0.25) is 0 Å². The first-order valence-electron chi connectivity index (χ1n) is 9.18. The summed E-state index contributed by atoms with van der Waals surface area (Å²) in [6, 6.07) is 19.5. The number of carbonyl (C=O) groups excluding carboxylic acids is 2. The highest BCUT2D eigenvalue weighted by atomic mass is 32.2. The first kappa shape index (κ1) is 18.0. The first-order chi connectivity index (χ1) is 13.2. The minimum atomic E-state index is -0.211. The molecule has 2 amide bonds. The van der Waals surface area contributed by atoms with Crippen LogP contribution in [-0.4, -0.2) is 36.0 Å². The van der Waals surface area contributed by atoms with Crippen LogP contribution in [0.4, 0.5) is 0 Å². The molecule has 0 radical (unpaired) electrons. The number of rotatable bonds is 6. The summed E-state index contributed by atoms with van der Waals surface area (Å²) >= 11 is 1.44. The average Bonchev–Trinajstić information content (AvgIpc) is 3.30. The predicted octanol–water partition coefficient (Wildman–Crippen LogP) is 3.88. The lowest BCUT2D eigenvalue weighted by Gasteiger charge is -2.19. The Morgan fingerprint density at radius 1 is 0.963 bits per heavy atom. The van der Waals surface area contributed by atoms with Crippen molar-refractivity contribution < 1.29 is 14.3 Å². The quantitative estimate of drug-likeness (QED) is 0.715. The van der Waals surface area contributed by atoms with E-state index < -0.39 is 0 Å². The van der Waals surface area contributed by atoms with Crippen molar-refractivity contribution in [2.45, 2.75) is 24.7 Å². The lowest BCUT2D eigenvalue weighted by Crippen LogP contribution is -2.37. The minimum absolute atomic E-state index is 0.0478. The van der Waals surface area contributed by atoms with Crippen molar-refractivity contribution in [2.75, 3.05) is 13.2 Å². The average molecular weight is 379 g/mol. The van der Waals surface area contributed by atoms with Crippen LogP contribution in [0, 0.1) is 0 Å². The molecule has 0 spiro atoms. The van der Waals surface area contributed by atoms with Crippen LogP contribution in [0.2, 0.25) is 0 Å². The Balaban J connectivity index is 1.62. The molecule has 2 aliphatic rings. The van der Waals surface area contributed by atoms with Crippen LogP contribution in [-0.2, 0) is 20.1 Å². The molecule has 4 nitrogen and oxygen atoms in total. The molecule has 0 N–H and O–H groups in total. The van der Waals surface area contributed by atoms with Crippen molar-refractivity contribution in [1.82, 2.24) is 4.90 Å². The summed E-state index contributed by atoms with van der Waals surface area (Å²) in [4.78, 5) is 28.1. The van der Waals surface area contributed by atoms with E-state index in [1.54, 1.807) is 0 Å². The molecule has 0 aromatic heterocycles. The number of amides is 2. The molecule has 0 saturated carbocycles. The maximum absolute atomic E-state index is 13.1. The maximum atomic E-state index is 13.1. The molecule has 1 saturated heterocycles. The van der Waals surface area contributed by atoms with E-state index in [0.29, 0.717) is 29.4 Å². The van der Waals surface area contributed by atoms with Gasteiger partial charge in [-0.2, -0.15) is 0 Å². The third-order valence-electron chi connectivity index (χ3n) is 4.82. The van der Waals surface area contributed by atoms with Gasteiger partial charge in [-0.1, -0.05) is 60.7 Å². The van der Waals surface area contributed by atoms with Gasteiger partial charge in [-0.25, -0.2) is 0 Å². The van der Waals surface area contributed by atoms with Gasteiger partial charge in [0.1, 0.15) is 0 Å². The highest BCUT2D eigenvalue weighted by Crippen LogP contribution is 2.37. The number of ether oxygens (including phenoxy) is 1. The van der Waals surface area contributed by atoms with Gasteiger partial charge in [0.05, 0.1) is 23.1 Å². The van der Waals surface area contributed by atoms with Crippen LogP contribution < -0.4 is 0 Å². The fourth-order valence-corrected chi connectivity index (χ4v) is 4.52. The van der Waals surface area contributed by atoms with Crippen LogP contribution in [0.25, 0.3) is 5.57 Å². The van der Waals surface area contributed by atoms with Crippen molar-refractivity contribution in [2.24, 2.45) is 0 Å². The molecule has 138 valence electrons. The molecule has 27 heavy (non-hydrogen) atoms. The fraction of sp³-hybridized carbons (Fsp3) is 0.273. The Morgan fingerprint density at radius 3 is 2.33 bits per heavy atom. The van der Waals surface area contributed by atoms with E-state index in [1.165, 1.54) is 16.7 Å². The van der Waals surface area contributed by atoms with Crippen molar-refractivity contribution in [3.05, 3.63) is 76.7 Å². The van der Waals surface area contributed by atoms with E-state index in [0.717, 1.165) is 24.0 Å². The van der Waals surface area contributed by atoms with E-state index in [4.69, 9.17) is 4.74 Å². The van der Waals surface area contributed by atoms with Gasteiger partial charge in [0, 0.05) is 12.4 Å². The number of hydrogen-bond donors (Lipinski definition) is 0. The zero-order chi connectivity index (χ0) is 18.6. The molecule has 0 aliphatic carbocycles. The molecule has 1 atom stereocenters. The maximum Gasteiger partial charge on any atom is 0.268 e. The number of imide groups is 1. The Morgan fingerprint density at radius 2 is 1.67 bits per heavy atom. The van der Waals surface area contributed by atoms with Crippen LogP contribution in [0.15, 0.2) is 65.6 Å². The first-order valence-corrected chi connectivity index (χ1v) is 10.2. The highest BCUT2D eigenvalue weighted by molar-refractivity contribution is 8.03. The molecule has 2 aromatic carbocycles. The van der Waals surface area contributed by atoms with E-state index in [-0.39, 0.29) is 17.9 Å². The van der Waals surface area contributed by atoms with Crippen molar-refractivity contribution in [3.8, 4) is 0 Å². The SMILES string of the molecule is O=C1C(SCc2ccccc2)=C(c2ccccc2)C(=O)N1CC1CCCO1. The van der Waals surface area contributed by atoms with E-state index in [9.17, 15) is 9.59 Å². The Bertz CT molecular complexity index is 858. The number of carbonyl (C=O) groups is 2. The summed E-state index contributed by atoms with van der Waals surface area (Å²) in [6.45, 7) is 1.04. The molecule has 2 heterocycles. The number of nitrogens with zero attached hydrogens (tertiary/aromatic N) is 1. The molecule has 2 aromatic rings. The topological polar surface area (TPSA) is 46.6 Å². The summed E-state index contributed by atoms with van der Waals surface area (Å²) in [7, 11) is 0. The summed E-state index contributed by atoms with van der Waals surface area (Å²) in [5.74, 6) is 0.242. The van der Waals surface area contributed by atoms with Gasteiger partial charge >= 0.3 is 0 Å². The molecular formula is C22H21NO3S. The molecule has 1 unspecified atom stereocenters. The minimum Gasteiger partial charge on any atom is -0.376 e. The number of thioether (sulfide) groups is 1. The van der Waals surface area contributed by atoms with E-state index in [1.807, 2.05) is 60.7 Å². The number of benzene rings is 2. The Hall–Kier alpha value is -2.37. The third kappa shape index (κ3) is 3.84. The second-order valence-electron chi connectivity index (χ2n) is 6.70. The van der Waals surface area contributed by atoms with Crippen molar-refractivity contribution >= 4 is 29.1 Å². The van der Waals surface area contributed by atoms with Crippen LogP contribution in [0.5, 0.6) is 0 Å². The predicted molar refractivity (Wildman–Crippen MR) is 107 cm³/mol. The second-order valence-corrected chi connectivity index (χ2v) is 7.69. The standard InChI is InChI=1S/C22H21NO3S/c24-21-19(17-10-5-2-6-11-17)20(27-15-16-8-3-1-4-9-16)22(25)23(21)14-18-12-7-13-26-18/h1-6,8-11,18H,7,12-15H2. The van der Waals surface area contributed by atoms with Crippen molar-refractivity contribution in [3.63, 3.8) is 0 Å². The number of hydrogen-bond acceptors (Lipinski definition) is 4. The van der Waals surface area contributed by atoms with Gasteiger partial charge in [-0.3, -0.25) is 14.5 Å². The largest absolute Gasteiger partial charge is 0.376 e. The van der Waals surface area contributed by atoms with Gasteiger partial charge in [0.15, 0.2) is 0 Å². The molecular weight excluding hydrogens is 358 g/mol. The normalized spacial score (nSPS) is 20.0. The molecule has 4 rings (SSSR count). The Kier molecular flexibility index (Phi) is 5.41. The molecule has 0 bridgehead atoms. The van der Waals surface area contributed by atoms with E-state index >= 15 is 0 Å². The highest BCUT2D eigenvalue weighted by Gasteiger charge is 2.40. The molecule has 5 heteroatoms. The third-order valence-corrected chi connectivity index (χ3v) is 5.97. The zero-order valence-electron chi connectivity index (χ0n) is 15.0. The lowest BCUT2D eigenvalue weighted by atomic mass is 10.1. The molecule has 1 fully saturated rings. The van der Waals surface area contributed by atoms with Crippen molar-refractivity contribution in [1.29, 1.82) is 0 Å². The lowest BCUT2D eigenvalue weighted by molar-refractivity contribution is -0.138. The summed E-state index contributed by atoms with van der Waals surface area (Å²) < 4.78 is 5.65. The molecule has 2 aliphatic heterocycles. The smallest absolute Gasteiger partial charge is 0.268 e. The van der Waals surface area contributed by atoms with Gasteiger partial charge in [0.25, 0.3) is 11.8 Å². The van der Waals surface area contributed by atoms with Crippen LogP contribution in [0.3, 0.4) is 0 Å². The second kappa shape index (κ2) is 8.11. The monoisotopic (exact) mass is 379 g/mol.